The summed E-state index contributed by atoms with van der Waals surface area (Å²) >= 11 is 0. The molecule has 0 fully saturated rings. The number of H-pyrrole nitrogens is 1. The molecule has 0 bridgehead atoms. The van der Waals surface area contributed by atoms with Gasteiger partial charge in [-0.3, -0.25) is 0 Å². The van der Waals surface area contributed by atoms with Gasteiger partial charge in [0.15, 0.2) is 0 Å². The number of fused-ring (bicyclic) bond motifs is 1. The van der Waals surface area contributed by atoms with Crippen molar-refractivity contribution in [3.63, 3.8) is 0 Å². The van der Waals surface area contributed by atoms with Gasteiger partial charge in [0.2, 0.25) is 0 Å². The Balaban J connectivity index is 1.94. The van der Waals surface area contributed by atoms with Gasteiger partial charge in [0.25, 0.3) is 0 Å². The highest BCUT2D eigenvalue weighted by atomic mass is 19.4. The second-order valence-corrected chi connectivity index (χ2v) is 5.36. The van der Waals surface area contributed by atoms with E-state index in [-0.39, 0.29) is 11.8 Å². The van der Waals surface area contributed by atoms with E-state index >= 15 is 0 Å². The van der Waals surface area contributed by atoms with Crippen LogP contribution in [-0.2, 0) is 11.0 Å². The first-order valence-electron chi connectivity index (χ1n) is 6.79. The lowest BCUT2D eigenvalue weighted by Crippen LogP contribution is -2.15. The third-order valence-electron chi connectivity index (χ3n) is 4.16. The van der Waals surface area contributed by atoms with Gasteiger partial charge < -0.3 is 9.78 Å². The summed E-state index contributed by atoms with van der Waals surface area (Å²) in [7, 11) is 0. The van der Waals surface area contributed by atoms with E-state index in [1.54, 1.807) is 0 Å². The molecule has 5 heteroatoms. The van der Waals surface area contributed by atoms with E-state index in [0.717, 1.165) is 48.0 Å². The van der Waals surface area contributed by atoms with Crippen molar-refractivity contribution in [3.8, 4) is 0 Å². The summed E-state index contributed by atoms with van der Waals surface area (Å²) in [6, 6.07) is 5.30. The molecule has 1 heterocycles. The maximum Gasteiger partial charge on any atom is 0.416 e. The minimum absolute atomic E-state index is 0.0460. The standard InChI is InChI=1S/C16H14F3NO/c17-16(18,19)12-4-1-10(2-5-12)13-6-3-11(9-21)14-7-20-8-15(13)14/h1-2,4-5,7-9,11,13,20H,3,6H2. The van der Waals surface area contributed by atoms with Gasteiger partial charge in [-0.1, -0.05) is 12.1 Å². The lowest BCUT2D eigenvalue weighted by atomic mass is 9.76. The fourth-order valence-corrected chi connectivity index (χ4v) is 3.06. The van der Waals surface area contributed by atoms with E-state index < -0.39 is 11.7 Å². The first-order chi connectivity index (χ1) is 10.0. The van der Waals surface area contributed by atoms with Gasteiger partial charge in [0, 0.05) is 24.2 Å². The average Bonchev–Trinajstić information content (AvgIpc) is 2.95. The van der Waals surface area contributed by atoms with Gasteiger partial charge in [0.05, 0.1) is 5.56 Å². The fraction of sp³-hybridized carbons (Fsp3) is 0.312. The Morgan fingerprint density at radius 1 is 1.05 bits per heavy atom. The van der Waals surface area contributed by atoms with Crippen LogP contribution in [0.1, 0.15) is 46.9 Å². The van der Waals surface area contributed by atoms with Crippen LogP contribution >= 0.6 is 0 Å². The number of benzene rings is 1. The Bertz CT molecular complexity index is 642. The molecule has 1 aliphatic rings. The van der Waals surface area contributed by atoms with Crippen LogP contribution in [0.4, 0.5) is 13.2 Å². The lowest BCUT2D eigenvalue weighted by Gasteiger charge is -2.26. The van der Waals surface area contributed by atoms with Crippen molar-refractivity contribution in [1.82, 2.24) is 4.98 Å². The van der Waals surface area contributed by atoms with Crippen LogP contribution in [0.5, 0.6) is 0 Å². The van der Waals surface area contributed by atoms with Crippen LogP contribution < -0.4 is 0 Å². The number of carbonyl (C=O) groups excluding carboxylic acids is 1. The summed E-state index contributed by atoms with van der Waals surface area (Å²) < 4.78 is 37.8. The number of hydrogen-bond donors (Lipinski definition) is 1. The number of aldehydes is 1. The zero-order valence-corrected chi connectivity index (χ0v) is 11.2. The molecule has 21 heavy (non-hydrogen) atoms. The fourth-order valence-electron chi connectivity index (χ4n) is 3.06. The summed E-state index contributed by atoms with van der Waals surface area (Å²) in [5.74, 6) is -0.0679. The third kappa shape index (κ3) is 2.48. The van der Waals surface area contributed by atoms with E-state index in [1.807, 2.05) is 12.4 Å². The summed E-state index contributed by atoms with van der Waals surface area (Å²) in [5.41, 5.74) is 2.19. The molecule has 0 spiro atoms. The normalized spacial score (nSPS) is 21.9. The van der Waals surface area contributed by atoms with E-state index in [1.165, 1.54) is 12.1 Å². The zero-order valence-electron chi connectivity index (χ0n) is 11.2. The van der Waals surface area contributed by atoms with Crippen molar-refractivity contribution in [3.05, 3.63) is 58.9 Å². The Morgan fingerprint density at radius 3 is 2.33 bits per heavy atom. The molecule has 2 atom stereocenters. The summed E-state index contributed by atoms with van der Waals surface area (Å²) in [6.07, 6.45) is 1.76. The van der Waals surface area contributed by atoms with Crippen molar-refractivity contribution in [2.24, 2.45) is 0 Å². The van der Waals surface area contributed by atoms with Crippen LogP contribution in [0.2, 0.25) is 0 Å². The van der Waals surface area contributed by atoms with E-state index in [9.17, 15) is 18.0 Å². The summed E-state index contributed by atoms with van der Waals surface area (Å²) in [6.45, 7) is 0. The molecular formula is C16H14F3NO. The van der Waals surface area contributed by atoms with Gasteiger partial charge in [0.1, 0.15) is 6.29 Å². The Morgan fingerprint density at radius 2 is 1.71 bits per heavy atom. The van der Waals surface area contributed by atoms with Crippen LogP contribution in [0.3, 0.4) is 0 Å². The molecule has 0 amide bonds. The van der Waals surface area contributed by atoms with E-state index in [0.29, 0.717) is 0 Å². The molecule has 1 aromatic heterocycles. The highest BCUT2D eigenvalue weighted by Crippen LogP contribution is 2.42. The number of aromatic nitrogens is 1. The summed E-state index contributed by atoms with van der Waals surface area (Å²) in [5, 5.41) is 0. The smallest absolute Gasteiger partial charge is 0.367 e. The predicted molar refractivity (Wildman–Crippen MR) is 72.1 cm³/mol. The second kappa shape index (κ2) is 5.06. The number of alkyl halides is 3. The predicted octanol–water partition coefficient (Wildman–Crippen LogP) is 4.24. The average molecular weight is 293 g/mol. The Kier molecular flexibility index (Phi) is 3.35. The van der Waals surface area contributed by atoms with Gasteiger partial charge in [-0.25, -0.2) is 0 Å². The van der Waals surface area contributed by atoms with Gasteiger partial charge >= 0.3 is 6.18 Å². The Hall–Kier alpha value is -2.04. The maximum atomic E-state index is 12.6. The number of hydrogen-bond acceptors (Lipinski definition) is 1. The molecule has 1 aliphatic carbocycles. The van der Waals surface area contributed by atoms with Crippen molar-refractivity contribution < 1.29 is 18.0 Å². The molecule has 0 saturated carbocycles. The van der Waals surface area contributed by atoms with Crippen LogP contribution in [0.15, 0.2) is 36.7 Å². The molecule has 110 valence electrons. The molecule has 1 N–H and O–H groups in total. The molecule has 3 rings (SSSR count). The maximum absolute atomic E-state index is 12.6. The lowest BCUT2D eigenvalue weighted by molar-refractivity contribution is -0.137. The van der Waals surface area contributed by atoms with Crippen LogP contribution in [0, 0.1) is 0 Å². The van der Waals surface area contributed by atoms with Crippen LogP contribution in [0.25, 0.3) is 0 Å². The number of aromatic amines is 1. The van der Waals surface area contributed by atoms with Crippen molar-refractivity contribution in [2.75, 3.05) is 0 Å². The molecule has 0 saturated heterocycles. The molecule has 2 nitrogen and oxygen atoms in total. The van der Waals surface area contributed by atoms with Crippen molar-refractivity contribution >= 4 is 6.29 Å². The second-order valence-electron chi connectivity index (χ2n) is 5.36. The van der Waals surface area contributed by atoms with Crippen LogP contribution in [-0.4, -0.2) is 11.3 Å². The van der Waals surface area contributed by atoms with Crippen molar-refractivity contribution in [2.45, 2.75) is 30.9 Å². The third-order valence-corrected chi connectivity index (χ3v) is 4.16. The largest absolute Gasteiger partial charge is 0.416 e. The molecular weight excluding hydrogens is 279 g/mol. The molecule has 0 radical (unpaired) electrons. The zero-order chi connectivity index (χ0) is 15.0. The first kappa shape index (κ1) is 13.9. The topological polar surface area (TPSA) is 32.9 Å². The number of carbonyl (C=O) groups is 1. The molecule has 1 aromatic carbocycles. The Labute approximate surface area is 120 Å². The van der Waals surface area contributed by atoms with Gasteiger partial charge in [-0.15, -0.1) is 0 Å². The van der Waals surface area contributed by atoms with E-state index in [2.05, 4.69) is 4.98 Å². The monoisotopic (exact) mass is 293 g/mol. The minimum atomic E-state index is -4.31. The quantitative estimate of drug-likeness (QED) is 0.825. The van der Waals surface area contributed by atoms with E-state index in [4.69, 9.17) is 0 Å². The SMILES string of the molecule is O=CC1CCC(c2ccc(C(F)(F)F)cc2)c2c[nH]cc21. The highest BCUT2D eigenvalue weighted by molar-refractivity contribution is 5.64. The highest BCUT2D eigenvalue weighted by Gasteiger charge is 2.32. The molecule has 2 unspecified atom stereocenters. The van der Waals surface area contributed by atoms with Gasteiger partial charge in [-0.2, -0.15) is 13.2 Å². The minimum Gasteiger partial charge on any atom is -0.367 e. The summed E-state index contributed by atoms with van der Waals surface area (Å²) in [4.78, 5) is 14.1. The number of halogens is 3. The molecule has 2 aromatic rings. The molecule has 0 aliphatic heterocycles. The number of nitrogens with one attached hydrogen (secondary N) is 1. The van der Waals surface area contributed by atoms with Gasteiger partial charge in [-0.05, 0) is 41.7 Å². The number of rotatable bonds is 2. The van der Waals surface area contributed by atoms with Crippen molar-refractivity contribution in [1.29, 1.82) is 0 Å². The first-order valence-corrected chi connectivity index (χ1v) is 6.79.